The summed E-state index contributed by atoms with van der Waals surface area (Å²) in [6, 6.07) is 2.61. The lowest BCUT2D eigenvalue weighted by atomic mass is 10.1. The van der Waals surface area contributed by atoms with Gasteiger partial charge in [0.05, 0.1) is 12.2 Å². The first-order valence-electron chi connectivity index (χ1n) is 5.23. The van der Waals surface area contributed by atoms with Gasteiger partial charge in [0.1, 0.15) is 0 Å². The van der Waals surface area contributed by atoms with Gasteiger partial charge < -0.3 is 5.32 Å². The number of aryl methyl sites for hydroxylation is 2. The SMILES string of the molecule is CNC(Cn1nc(C)cc1C)C(C)C. The second kappa shape index (κ2) is 4.60. The van der Waals surface area contributed by atoms with Crippen LogP contribution in [-0.4, -0.2) is 22.9 Å². The summed E-state index contributed by atoms with van der Waals surface area (Å²) >= 11 is 0. The minimum Gasteiger partial charge on any atom is -0.315 e. The Morgan fingerprint density at radius 2 is 2.07 bits per heavy atom. The van der Waals surface area contributed by atoms with Gasteiger partial charge in [-0.15, -0.1) is 0 Å². The Morgan fingerprint density at radius 3 is 2.43 bits per heavy atom. The third-order valence-electron chi connectivity index (χ3n) is 2.65. The van der Waals surface area contributed by atoms with Gasteiger partial charge in [0.25, 0.3) is 0 Å². The molecular weight excluding hydrogens is 174 g/mol. The Morgan fingerprint density at radius 1 is 1.43 bits per heavy atom. The van der Waals surface area contributed by atoms with E-state index in [1.54, 1.807) is 0 Å². The highest BCUT2D eigenvalue weighted by Crippen LogP contribution is 2.07. The van der Waals surface area contributed by atoms with E-state index < -0.39 is 0 Å². The first kappa shape index (κ1) is 11.2. The molecule has 1 N–H and O–H groups in total. The summed E-state index contributed by atoms with van der Waals surface area (Å²) in [4.78, 5) is 0. The van der Waals surface area contributed by atoms with Gasteiger partial charge in [-0.25, -0.2) is 0 Å². The molecule has 1 rings (SSSR count). The van der Waals surface area contributed by atoms with E-state index in [0.29, 0.717) is 12.0 Å². The molecule has 0 aliphatic rings. The molecule has 0 aliphatic heterocycles. The van der Waals surface area contributed by atoms with Crippen LogP contribution in [0.1, 0.15) is 25.2 Å². The maximum atomic E-state index is 4.46. The van der Waals surface area contributed by atoms with E-state index in [1.807, 2.05) is 14.0 Å². The Hall–Kier alpha value is -0.830. The van der Waals surface area contributed by atoms with Crippen LogP contribution in [0.15, 0.2) is 6.07 Å². The summed E-state index contributed by atoms with van der Waals surface area (Å²) in [5, 5.41) is 7.78. The van der Waals surface area contributed by atoms with Crippen molar-refractivity contribution in [3.63, 3.8) is 0 Å². The van der Waals surface area contributed by atoms with Crippen LogP contribution in [0.4, 0.5) is 0 Å². The van der Waals surface area contributed by atoms with Crippen LogP contribution in [-0.2, 0) is 6.54 Å². The number of nitrogens with zero attached hydrogens (tertiary/aromatic N) is 2. The van der Waals surface area contributed by atoms with Crippen LogP contribution < -0.4 is 5.32 Å². The van der Waals surface area contributed by atoms with Gasteiger partial charge >= 0.3 is 0 Å². The molecule has 0 bridgehead atoms. The fourth-order valence-corrected chi connectivity index (χ4v) is 1.68. The highest BCUT2D eigenvalue weighted by Gasteiger charge is 2.13. The largest absolute Gasteiger partial charge is 0.315 e. The molecule has 14 heavy (non-hydrogen) atoms. The molecule has 80 valence electrons. The molecular formula is C11H21N3. The summed E-state index contributed by atoms with van der Waals surface area (Å²) in [6.45, 7) is 9.55. The van der Waals surface area contributed by atoms with E-state index in [9.17, 15) is 0 Å². The van der Waals surface area contributed by atoms with Crippen molar-refractivity contribution in [2.75, 3.05) is 7.05 Å². The van der Waals surface area contributed by atoms with Crippen molar-refractivity contribution < 1.29 is 0 Å². The Kier molecular flexibility index (Phi) is 3.69. The zero-order valence-electron chi connectivity index (χ0n) is 9.83. The van der Waals surface area contributed by atoms with E-state index in [-0.39, 0.29) is 0 Å². The quantitative estimate of drug-likeness (QED) is 0.793. The molecule has 0 spiro atoms. The summed E-state index contributed by atoms with van der Waals surface area (Å²) in [7, 11) is 2.01. The van der Waals surface area contributed by atoms with E-state index in [1.165, 1.54) is 5.69 Å². The lowest BCUT2D eigenvalue weighted by molar-refractivity contribution is 0.359. The van der Waals surface area contributed by atoms with Gasteiger partial charge in [-0.2, -0.15) is 5.10 Å². The average Bonchev–Trinajstić information content (AvgIpc) is 2.40. The molecule has 1 unspecified atom stereocenters. The van der Waals surface area contributed by atoms with Gasteiger partial charge in [-0.1, -0.05) is 13.8 Å². The van der Waals surface area contributed by atoms with Crippen LogP contribution in [0.25, 0.3) is 0 Å². The molecule has 1 aromatic rings. The smallest absolute Gasteiger partial charge is 0.0596 e. The molecule has 1 atom stereocenters. The number of hydrogen-bond donors (Lipinski definition) is 1. The molecule has 0 aromatic carbocycles. The minimum absolute atomic E-state index is 0.494. The number of aromatic nitrogens is 2. The van der Waals surface area contributed by atoms with Crippen molar-refractivity contribution >= 4 is 0 Å². The van der Waals surface area contributed by atoms with Crippen molar-refractivity contribution in [1.29, 1.82) is 0 Å². The van der Waals surface area contributed by atoms with Crippen LogP contribution >= 0.6 is 0 Å². The van der Waals surface area contributed by atoms with Gasteiger partial charge in [0.15, 0.2) is 0 Å². The molecule has 0 aliphatic carbocycles. The lowest BCUT2D eigenvalue weighted by Crippen LogP contribution is -2.35. The van der Waals surface area contributed by atoms with Crippen LogP contribution in [0.5, 0.6) is 0 Å². The molecule has 0 radical (unpaired) electrons. The topological polar surface area (TPSA) is 29.9 Å². The van der Waals surface area contributed by atoms with Gasteiger partial charge in [0.2, 0.25) is 0 Å². The van der Waals surface area contributed by atoms with E-state index >= 15 is 0 Å². The highest BCUT2D eigenvalue weighted by atomic mass is 15.3. The van der Waals surface area contributed by atoms with Crippen molar-refractivity contribution in [3.8, 4) is 0 Å². The van der Waals surface area contributed by atoms with E-state index in [4.69, 9.17) is 0 Å². The zero-order chi connectivity index (χ0) is 10.7. The second-order valence-corrected chi connectivity index (χ2v) is 4.25. The number of hydrogen-bond acceptors (Lipinski definition) is 2. The maximum Gasteiger partial charge on any atom is 0.0596 e. The van der Waals surface area contributed by atoms with E-state index in [0.717, 1.165) is 12.2 Å². The Balaban J connectivity index is 2.71. The monoisotopic (exact) mass is 195 g/mol. The van der Waals surface area contributed by atoms with Crippen molar-refractivity contribution in [2.45, 2.75) is 40.3 Å². The molecule has 0 saturated heterocycles. The predicted molar refractivity (Wildman–Crippen MR) is 59.4 cm³/mol. The normalized spacial score (nSPS) is 13.6. The molecule has 3 nitrogen and oxygen atoms in total. The van der Waals surface area contributed by atoms with Crippen LogP contribution in [0.3, 0.4) is 0 Å². The van der Waals surface area contributed by atoms with Crippen molar-refractivity contribution in [3.05, 3.63) is 17.5 Å². The molecule has 0 amide bonds. The average molecular weight is 195 g/mol. The fraction of sp³-hybridized carbons (Fsp3) is 0.727. The molecule has 3 heteroatoms. The summed E-state index contributed by atoms with van der Waals surface area (Å²) < 4.78 is 2.08. The van der Waals surface area contributed by atoms with Gasteiger partial charge in [-0.3, -0.25) is 4.68 Å². The zero-order valence-corrected chi connectivity index (χ0v) is 9.83. The molecule has 0 saturated carbocycles. The third-order valence-corrected chi connectivity index (χ3v) is 2.65. The summed E-state index contributed by atoms with van der Waals surface area (Å²) in [5.74, 6) is 0.629. The highest BCUT2D eigenvalue weighted by molar-refractivity contribution is 5.06. The third kappa shape index (κ3) is 2.58. The summed E-state index contributed by atoms with van der Waals surface area (Å²) in [6.07, 6.45) is 0. The number of rotatable bonds is 4. The molecule has 1 aromatic heterocycles. The lowest BCUT2D eigenvalue weighted by Gasteiger charge is -2.20. The Bertz CT molecular complexity index is 289. The van der Waals surface area contributed by atoms with Crippen LogP contribution in [0.2, 0.25) is 0 Å². The molecule has 0 fully saturated rings. The number of nitrogens with one attached hydrogen (secondary N) is 1. The van der Waals surface area contributed by atoms with Crippen LogP contribution in [0, 0.1) is 19.8 Å². The minimum atomic E-state index is 0.494. The predicted octanol–water partition coefficient (Wildman–Crippen LogP) is 1.74. The fourth-order valence-electron chi connectivity index (χ4n) is 1.68. The molecule has 1 heterocycles. The van der Waals surface area contributed by atoms with Gasteiger partial charge in [-0.05, 0) is 32.9 Å². The van der Waals surface area contributed by atoms with E-state index in [2.05, 4.69) is 41.9 Å². The maximum absolute atomic E-state index is 4.46. The summed E-state index contributed by atoms with van der Waals surface area (Å²) in [5.41, 5.74) is 2.34. The standard InChI is InChI=1S/C11H21N3/c1-8(2)11(12-5)7-14-10(4)6-9(3)13-14/h6,8,11-12H,7H2,1-5H3. The second-order valence-electron chi connectivity index (χ2n) is 4.25. The van der Waals surface area contributed by atoms with Gasteiger partial charge in [0, 0.05) is 11.7 Å². The Labute approximate surface area is 86.5 Å². The number of likely N-dealkylation sites (N-methyl/N-ethyl adjacent to an activating group) is 1. The first-order chi connectivity index (χ1) is 6.54. The van der Waals surface area contributed by atoms with Crippen molar-refractivity contribution in [2.24, 2.45) is 5.92 Å². The van der Waals surface area contributed by atoms with Crippen molar-refractivity contribution in [1.82, 2.24) is 15.1 Å². The first-order valence-corrected chi connectivity index (χ1v) is 5.23.